The Kier molecular flexibility index (Phi) is 3.92. The Morgan fingerprint density at radius 3 is 2.90 bits per heavy atom. The minimum Gasteiger partial charge on any atom is -0.467 e. The van der Waals surface area contributed by atoms with Gasteiger partial charge in [-0.1, -0.05) is 6.07 Å². The summed E-state index contributed by atoms with van der Waals surface area (Å²) in [6, 6.07) is 9.93. The molecule has 3 heterocycles. The van der Waals surface area contributed by atoms with Crippen LogP contribution in [0.3, 0.4) is 0 Å². The van der Waals surface area contributed by atoms with Crippen molar-refractivity contribution in [3.8, 4) is 0 Å². The predicted octanol–water partition coefficient (Wildman–Crippen LogP) is 2.46. The molecule has 0 aliphatic heterocycles. The lowest BCUT2D eigenvalue weighted by Crippen LogP contribution is -2.24. The first-order chi connectivity index (χ1) is 10.3. The highest BCUT2D eigenvalue weighted by molar-refractivity contribution is 5.56. The van der Waals surface area contributed by atoms with Gasteiger partial charge in [0.25, 0.3) is 0 Å². The Hall–Kier alpha value is -2.27. The normalized spacial score (nSPS) is 11.1. The summed E-state index contributed by atoms with van der Waals surface area (Å²) in [5, 5.41) is 0. The van der Waals surface area contributed by atoms with E-state index in [1.165, 1.54) is 0 Å². The van der Waals surface area contributed by atoms with Crippen LogP contribution in [0.1, 0.15) is 18.4 Å². The van der Waals surface area contributed by atoms with E-state index < -0.39 is 0 Å². The van der Waals surface area contributed by atoms with Crippen molar-refractivity contribution in [2.45, 2.75) is 19.9 Å². The Bertz CT molecular complexity index is 702. The molecule has 0 fully saturated rings. The summed E-state index contributed by atoms with van der Waals surface area (Å²) >= 11 is 0. The first-order valence-corrected chi connectivity index (χ1v) is 7.26. The molecule has 0 saturated carbocycles. The third kappa shape index (κ3) is 2.64. The maximum Gasteiger partial charge on any atom is 0.151 e. The lowest BCUT2D eigenvalue weighted by atomic mass is 10.2. The van der Waals surface area contributed by atoms with Gasteiger partial charge >= 0.3 is 0 Å². The number of fused-ring (bicyclic) bond motifs is 1. The Balaban J connectivity index is 2.02. The maximum atomic E-state index is 5.78. The van der Waals surface area contributed by atoms with E-state index in [0.717, 1.165) is 35.9 Å². The van der Waals surface area contributed by atoms with E-state index in [1.54, 1.807) is 6.26 Å². The molecule has 110 valence electrons. The highest BCUT2D eigenvalue weighted by Gasteiger charge is 2.17. The minimum absolute atomic E-state index is 0.605. The second-order valence-electron chi connectivity index (χ2n) is 4.94. The average molecular weight is 284 g/mol. The predicted molar refractivity (Wildman–Crippen MR) is 83.4 cm³/mol. The van der Waals surface area contributed by atoms with E-state index in [4.69, 9.17) is 15.1 Å². The molecular weight excluding hydrogens is 264 g/mol. The van der Waals surface area contributed by atoms with Crippen molar-refractivity contribution in [3.63, 3.8) is 0 Å². The lowest BCUT2D eigenvalue weighted by molar-refractivity contribution is 0.502. The van der Waals surface area contributed by atoms with Gasteiger partial charge in [0.2, 0.25) is 0 Å². The van der Waals surface area contributed by atoms with Gasteiger partial charge in [0, 0.05) is 19.2 Å². The molecule has 21 heavy (non-hydrogen) atoms. The maximum absolute atomic E-state index is 5.78. The quantitative estimate of drug-likeness (QED) is 0.755. The summed E-state index contributed by atoms with van der Waals surface area (Å²) in [6.07, 6.45) is 4.54. The van der Waals surface area contributed by atoms with Crippen LogP contribution in [0.25, 0.3) is 5.65 Å². The summed E-state index contributed by atoms with van der Waals surface area (Å²) in [6.45, 7) is 4.31. The van der Waals surface area contributed by atoms with Crippen molar-refractivity contribution in [3.05, 3.63) is 54.2 Å². The van der Waals surface area contributed by atoms with E-state index in [-0.39, 0.29) is 0 Å². The van der Waals surface area contributed by atoms with Gasteiger partial charge in [0.1, 0.15) is 11.4 Å². The third-order valence-corrected chi connectivity index (χ3v) is 3.60. The molecule has 5 nitrogen and oxygen atoms in total. The van der Waals surface area contributed by atoms with Crippen LogP contribution >= 0.6 is 0 Å². The first kappa shape index (κ1) is 13.7. The van der Waals surface area contributed by atoms with Crippen molar-refractivity contribution in [1.29, 1.82) is 0 Å². The van der Waals surface area contributed by atoms with Crippen LogP contribution in [0.2, 0.25) is 0 Å². The molecule has 0 unspecified atom stereocenters. The Labute approximate surface area is 124 Å². The number of imidazole rings is 1. The molecule has 0 aromatic carbocycles. The van der Waals surface area contributed by atoms with Gasteiger partial charge in [-0.05, 0) is 37.7 Å². The van der Waals surface area contributed by atoms with Gasteiger partial charge < -0.3 is 19.5 Å². The van der Waals surface area contributed by atoms with Crippen molar-refractivity contribution < 1.29 is 4.42 Å². The number of hydrogen-bond donors (Lipinski definition) is 1. The molecular formula is C16H20N4O. The number of nitrogens with zero attached hydrogens (tertiary/aromatic N) is 3. The Morgan fingerprint density at radius 2 is 2.19 bits per heavy atom. The minimum atomic E-state index is 0.605. The summed E-state index contributed by atoms with van der Waals surface area (Å²) in [5.41, 5.74) is 7.89. The molecule has 0 radical (unpaired) electrons. The van der Waals surface area contributed by atoms with Crippen LogP contribution in [0, 0.1) is 0 Å². The zero-order valence-electron chi connectivity index (χ0n) is 12.2. The number of rotatable bonds is 6. The number of nitrogens with two attached hydrogens (primary N) is 1. The van der Waals surface area contributed by atoms with Gasteiger partial charge in [-0.15, -0.1) is 0 Å². The SMILES string of the molecule is CCN(Cc1ccco1)c1nc2ccccn2c1CCN. The molecule has 0 bridgehead atoms. The fourth-order valence-corrected chi connectivity index (χ4v) is 2.58. The van der Waals surface area contributed by atoms with E-state index in [9.17, 15) is 0 Å². The highest BCUT2D eigenvalue weighted by atomic mass is 16.3. The van der Waals surface area contributed by atoms with Crippen molar-refractivity contribution >= 4 is 11.5 Å². The van der Waals surface area contributed by atoms with Crippen molar-refractivity contribution in [2.24, 2.45) is 5.73 Å². The summed E-state index contributed by atoms with van der Waals surface area (Å²) < 4.78 is 7.58. The van der Waals surface area contributed by atoms with Crippen LogP contribution in [-0.4, -0.2) is 22.5 Å². The molecule has 3 aromatic heterocycles. The van der Waals surface area contributed by atoms with Gasteiger partial charge in [-0.3, -0.25) is 0 Å². The molecule has 3 rings (SSSR count). The van der Waals surface area contributed by atoms with Crippen LogP contribution in [-0.2, 0) is 13.0 Å². The third-order valence-electron chi connectivity index (χ3n) is 3.60. The van der Waals surface area contributed by atoms with Gasteiger partial charge in [-0.25, -0.2) is 4.98 Å². The molecule has 0 aliphatic carbocycles. The molecule has 0 amide bonds. The number of pyridine rings is 1. The molecule has 5 heteroatoms. The van der Waals surface area contributed by atoms with E-state index in [1.807, 2.05) is 36.5 Å². The topological polar surface area (TPSA) is 59.7 Å². The van der Waals surface area contributed by atoms with Gasteiger partial charge in [-0.2, -0.15) is 0 Å². The smallest absolute Gasteiger partial charge is 0.151 e. The standard InChI is InChI=1S/C16H20N4O/c1-2-19(12-13-6-5-11-21-13)16-14(8-9-17)20-10-4-3-7-15(20)18-16/h3-7,10-11H,2,8-9,12,17H2,1H3. The summed E-state index contributed by atoms with van der Waals surface area (Å²) in [7, 11) is 0. The zero-order chi connectivity index (χ0) is 14.7. The number of anilines is 1. The second-order valence-corrected chi connectivity index (χ2v) is 4.94. The average Bonchev–Trinajstić information content (AvgIpc) is 3.13. The number of furan rings is 1. The monoisotopic (exact) mass is 284 g/mol. The zero-order valence-corrected chi connectivity index (χ0v) is 12.2. The molecule has 0 aliphatic rings. The fraction of sp³-hybridized carbons (Fsp3) is 0.312. The van der Waals surface area contributed by atoms with Crippen LogP contribution < -0.4 is 10.6 Å². The number of hydrogen-bond acceptors (Lipinski definition) is 4. The van der Waals surface area contributed by atoms with Crippen LogP contribution in [0.15, 0.2) is 47.2 Å². The summed E-state index contributed by atoms with van der Waals surface area (Å²) in [5.74, 6) is 1.93. The van der Waals surface area contributed by atoms with E-state index in [2.05, 4.69) is 16.2 Å². The molecule has 3 aromatic rings. The van der Waals surface area contributed by atoms with Gasteiger partial charge in [0.05, 0.1) is 18.5 Å². The largest absolute Gasteiger partial charge is 0.467 e. The van der Waals surface area contributed by atoms with Crippen LogP contribution in [0.5, 0.6) is 0 Å². The molecule has 2 N–H and O–H groups in total. The lowest BCUT2D eigenvalue weighted by Gasteiger charge is -2.20. The van der Waals surface area contributed by atoms with Crippen molar-refractivity contribution in [2.75, 3.05) is 18.0 Å². The van der Waals surface area contributed by atoms with Crippen LogP contribution in [0.4, 0.5) is 5.82 Å². The summed E-state index contributed by atoms with van der Waals surface area (Å²) in [4.78, 5) is 6.99. The molecule has 0 atom stereocenters. The first-order valence-electron chi connectivity index (χ1n) is 7.26. The van der Waals surface area contributed by atoms with E-state index in [0.29, 0.717) is 13.1 Å². The van der Waals surface area contributed by atoms with Crippen molar-refractivity contribution in [1.82, 2.24) is 9.38 Å². The number of aromatic nitrogens is 2. The second kappa shape index (κ2) is 6.01. The highest BCUT2D eigenvalue weighted by Crippen LogP contribution is 2.23. The fourth-order valence-electron chi connectivity index (χ4n) is 2.58. The molecule has 0 spiro atoms. The molecule has 0 saturated heterocycles. The van der Waals surface area contributed by atoms with Gasteiger partial charge in [0.15, 0.2) is 5.82 Å². The van der Waals surface area contributed by atoms with E-state index >= 15 is 0 Å². The Morgan fingerprint density at radius 1 is 1.29 bits per heavy atom.